The number of carbonyl (C=O) groups excluding carboxylic acids is 1. The average Bonchev–Trinajstić information content (AvgIpc) is 2.43. The minimum absolute atomic E-state index is 0.409. The van der Waals surface area contributed by atoms with Crippen molar-refractivity contribution < 1.29 is 27.4 Å². The first kappa shape index (κ1) is 19.4. The standard InChI is InChI=1S/C18H24F3NO3/c1-16(2,3)25-15(23)22-10-14(18(19,20)21)17(4,5)12-9-11(24-6)7-8-13(12)22/h7-9,14H,10H2,1-6H3. The van der Waals surface area contributed by atoms with Gasteiger partial charge in [0.15, 0.2) is 0 Å². The van der Waals surface area contributed by atoms with E-state index in [1.54, 1.807) is 39.0 Å². The second kappa shape index (κ2) is 6.11. The number of halogens is 3. The maximum atomic E-state index is 13.7. The first-order valence-corrected chi connectivity index (χ1v) is 8.03. The van der Waals surface area contributed by atoms with Gasteiger partial charge in [-0.2, -0.15) is 13.2 Å². The number of ether oxygens (including phenoxy) is 2. The summed E-state index contributed by atoms with van der Waals surface area (Å²) in [4.78, 5) is 13.6. The van der Waals surface area contributed by atoms with Crippen LogP contribution in [0, 0.1) is 5.92 Å². The molecule has 0 N–H and O–H groups in total. The summed E-state index contributed by atoms with van der Waals surface area (Å²) in [6, 6.07) is 4.79. The van der Waals surface area contributed by atoms with Gasteiger partial charge < -0.3 is 9.47 Å². The SMILES string of the molecule is COc1ccc2c(c1)C(C)(C)C(C(F)(F)F)CN2C(=O)OC(C)(C)C. The van der Waals surface area contributed by atoms with Gasteiger partial charge in [-0.25, -0.2) is 4.79 Å². The van der Waals surface area contributed by atoms with Crippen LogP contribution in [0.25, 0.3) is 0 Å². The Bertz CT molecular complexity index is 663. The highest BCUT2D eigenvalue weighted by molar-refractivity contribution is 5.90. The molecule has 140 valence electrons. The second-order valence-electron chi connectivity index (χ2n) is 7.79. The lowest BCUT2D eigenvalue weighted by atomic mass is 9.69. The highest BCUT2D eigenvalue weighted by Crippen LogP contribution is 2.50. The lowest BCUT2D eigenvalue weighted by Crippen LogP contribution is -2.53. The highest BCUT2D eigenvalue weighted by Gasteiger charge is 2.54. The molecule has 0 spiro atoms. The van der Waals surface area contributed by atoms with Gasteiger partial charge in [0.1, 0.15) is 11.4 Å². The molecule has 0 saturated heterocycles. The van der Waals surface area contributed by atoms with Crippen molar-refractivity contribution in [1.82, 2.24) is 0 Å². The van der Waals surface area contributed by atoms with Crippen molar-refractivity contribution in [3.63, 3.8) is 0 Å². The Morgan fingerprint density at radius 1 is 1.24 bits per heavy atom. The summed E-state index contributed by atoms with van der Waals surface area (Å²) >= 11 is 0. The Balaban J connectivity index is 2.58. The van der Waals surface area contributed by atoms with Gasteiger partial charge in [0.05, 0.1) is 18.7 Å². The van der Waals surface area contributed by atoms with Gasteiger partial charge in [0.25, 0.3) is 0 Å². The molecule has 1 aromatic rings. The lowest BCUT2D eigenvalue weighted by Gasteiger charge is -2.45. The molecule has 0 aliphatic carbocycles. The Morgan fingerprint density at radius 2 is 1.84 bits per heavy atom. The molecular formula is C18H24F3NO3. The smallest absolute Gasteiger partial charge is 0.414 e. The molecule has 1 aliphatic heterocycles. The number of carbonyl (C=O) groups is 1. The molecule has 1 amide bonds. The molecule has 4 nitrogen and oxygen atoms in total. The van der Waals surface area contributed by atoms with Crippen LogP contribution in [-0.4, -0.2) is 31.5 Å². The molecule has 1 atom stereocenters. The van der Waals surface area contributed by atoms with Crippen LogP contribution in [-0.2, 0) is 10.2 Å². The molecule has 1 aromatic carbocycles. The van der Waals surface area contributed by atoms with Crippen LogP contribution >= 0.6 is 0 Å². The van der Waals surface area contributed by atoms with E-state index in [4.69, 9.17) is 9.47 Å². The van der Waals surface area contributed by atoms with E-state index < -0.39 is 35.7 Å². The largest absolute Gasteiger partial charge is 0.497 e. The van der Waals surface area contributed by atoms with Gasteiger partial charge in [-0.15, -0.1) is 0 Å². The number of methoxy groups -OCH3 is 1. The molecule has 0 saturated carbocycles. The van der Waals surface area contributed by atoms with Gasteiger partial charge in [-0.3, -0.25) is 4.90 Å². The van der Waals surface area contributed by atoms with E-state index in [-0.39, 0.29) is 0 Å². The predicted molar refractivity (Wildman–Crippen MR) is 89.1 cm³/mol. The third-order valence-electron chi connectivity index (χ3n) is 4.43. The monoisotopic (exact) mass is 359 g/mol. The molecule has 0 fully saturated rings. The Hall–Kier alpha value is -1.92. The topological polar surface area (TPSA) is 38.8 Å². The van der Waals surface area contributed by atoms with Crippen molar-refractivity contribution in [2.75, 3.05) is 18.6 Å². The summed E-state index contributed by atoms with van der Waals surface area (Å²) in [5, 5.41) is 0. The van der Waals surface area contributed by atoms with Crippen molar-refractivity contribution >= 4 is 11.8 Å². The van der Waals surface area contributed by atoms with Gasteiger partial charge >= 0.3 is 12.3 Å². The quantitative estimate of drug-likeness (QED) is 0.715. The van der Waals surface area contributed by atoms with E-state index in [1.807, 2.05) is 0 Å². The van der Waals surface area contributed by atoms with Crippen LogP contribution in [0.2, 0.25) is 0 Å². The molecule has 7 heteroatoms. The number of amides is 1. The van der Waals surface area contributed by atoms with Gasteiger partial charge in [-0.1, -0.05) is 13.8 Å². The first-order chi connectivity index (χ1) is 11.3. The zero-order valence-electron chi connectivity index (χ0n) is 15.3. The van der Waals surface area contributed by atoms with Gasteiger partial charge in [0.2, 0.25) is 0 Å². The number of benzene rings is 1. The van der Waals surface area contributed by atoms with Crippen LogP contribution in [0.3, 0.4) is 0 Å². The number of alkyl halides is 3. The average molecular weight is 359 g/mol. The molecule has 1 unspecified atom stereocenters. The van der Waals surface area contributed by atoms with Crippen molar-refractivity contribution in [1.29, 1.82) is 0 Å². The Kier molecular flexibility index (Phi) is 4.74. The third-order valence-corrected chi connectivity index (χ3v) is 4.43. The minimum Gasteiger partial charge on any atom is -0.497 e. The molecule has 0 aromatic heterocycles. The van der Waals surface area contributed by atoms with E-state index in [9.17, 15) is 18.0 Å². The van der Waals surface area contributed by atoms with Crippen LogP contribution in [0.1, 0.15) is 40.2 Å². The Morgan fingerprint density at radius 3 is 2.32 bits per heavy atom. The second-order valence-corrected chi connectivity index (χ2v) is 7.79. The summed E-state index contributed by atoms with van der Waals surface area (Å²) in [5.74, 6) is -1.27. The highest BCUT2D eigenvalue weighted by atomic mass is 19.4. The van der Waals surface area contributed by atoms with E-state index in [1.165, 1.54) is 21.0 Å². The number of fused-ring (bicyclic) bond motifs is 1. The fraction of sp³-hybridized carbons (Fsp3) is 0.611. The number of hydrogen-bond donors (Lipinski definition) is 0. The van der Waals surface area contributed by atoms with Crippen molar-refractivity contribution in [3.05, 3.63) is 23.8 Å². The van der Waals surface area contributed by atoms with Crippen molar-refractivity contribution in [2.24, 2.45) is 5.92 Å². The molecule has 0 bridgehead atoms. The van der Waals surface area contributed by atoms with E-state index >= 15 is 0 Å². The maximum absolute atomic E-state index is 13.7. The van der Waals surface area contributed by atoms with Gasteiger partial charge in [0, 0.05) is 12.0 Å². The van der Waals surface area contributed by atoms with Gasteiger partial charge in [-0.05, 0) is 44.5 Å². The maximum Gasteiger partial charge on any atom is 0.414 e. The normalized spacial score (nSPS) is 20.0. The number of nitrogens with zero attached hydrogens (tertiary/aromatic N) is 1. The number of rotatable bonds is 1. The lowest BCUT2D eigenvalue weighted by molar-refractivity contribution is -0.189. The predicted octanol–water partition coefficient (Wildman–Crippen LogP) is 4.91. The van der Waals surface area contributed by atoms with Crippen molar-refractivity contribution in [3.8, 4) is 5.75 Å². The van der Waals surface area contributed by atoms with Crippen molar-refractivity contribution in [2.45, 2.75) is 51.8 Å². The van der Waals surface area contributed by atoms with E-state index in [0.717, 1.165) is 4.90 Å². The summed E-state index contributed by atoms with van der Waals surface area (Å²) < 4.78 is 51.5. The summed E-state index contributed by atoms with van der Waals surface area (Å²) in [6.07, 6.45) is -5.24. The van der Waals surface area contributed by atoms with E-state index in [2.05, 4.69) is 0 Å². The summed E-state index contributed by atoms with van der Waals surface area (Å²) in [7, 11) is 1.45. The van der Waals surface area contributed by atoms with E-state index in [0.29, 0.717) is 17.0 Å². The third kappa shape index (κ3) is 3.85. The molecule has 25 heavy (non-hydrogen) atoms. The molecular weight excluding hydrogens is 335 g/mol. The summed E-state index contributed by atoms with van der Waals surface area (Å²) in [5.41, 5.74) is -1.18. The first-order valence-electron chi connectivity index (χ1n) is 8.03. The molecule has 2 rings (SSSR count). The molecule has 1 aliphatic rings. The Labute approximate surface area is 145 Å². The van der Waals surface area contributed by atoms with Crippen LogP contribution in [0.5, 0.6) is 5.75 Å². The molecule has 1 heterocycles. The van der Waals surface area contributed by atoms with Crippen LogP contribution in [0.4, 0.5) is 23.7 Å². The zero-order chi connectivity index (χ0) is 19.2. The molecule has 0 radical (unpaired) electrons. The summed E-state index contributed by atoms with van der Waals surface area (Å²) in [6.45, 7) is 7.62. The fourth-order valence-corrected chi connectivity index (χ4v) is 3.09. The number of hydrogen-bond acceptors (Lipinski definition) is 3. The van der Waals surface area contributed by atoms with Crippen LogP contribution < -0.4 is 9.64 Å². The van der Waals surface area contributed by atoms with Crippen LogP contribution in [0.15, 0.2) is 18.2 Å². The zero-order valence-corrected chi connectivity index (χ0v) is 15.3. The minimum atomic E-state index is -4.45. The number of anilines is 1. The fourth-order valence-electron chi connectivity index (χ4n) is 3.09.